The van der Waals surface area contributed by atoms with Crippen molar-refractivity contribution >= 4 is 16.5 Å². The highest BCUT2D eigenvalue weighted by Crippen LogP contribution is 2.23. The number of anilines is 1. The second kappa shape index (κ2) is 6.08. The fraction of sp³-hybridized carbons (Fsp3) is 0.727. The molecule has 1 N–H and O–H groups in total. The zero-order valence-electron chi connectivity index (χ0n) is 9.73. The molecule has 0 radical (unpaired) electrons. The van der Waals surface area contributed by atoms with Gasteiger partial charge in [0.25, 0.3) is 0 Å². The Bertz CT molecular complexity index is 286. The van der Waals surface area contributed by atoms with Crippen molar-refractivity contribution in [3.05, 3.63) is 11.1 Å². The van der Waals surface area contributed by atoms with Crippen LogP contribution in [0.4, 0.5) is 5.13 Å². The Hall–Kier alpha value is -0.610. The molecule has 3 nitrogen and oxygen atoms in total. The van der Waals surface area contributed by atoms with E-state index in [0.29, 0.717) is 0 Å². The Morgan fingerprint density at radius 2 is 2.27 bits per heavy atom. The molecule has 1 rings (SSSR count). The van der Waals surface area contributed by atoms with Crippen LogP contribution in [-0.4, -0.2) is 23.7 Å². The summed E-state index contributed by atoms with van der Waals surface area (Å²) in [6.45, 7) is 4.99. The molecule has 0 aliphatic heterocycles. The summed E-state index contributed by atoms with van der Waals surface area (Å²) in [5.74, 6) is 0. The van der Waals surface area contributed by atoms with E-state index in [-0.39, 0.29) is 0 Å². The van der Waals surface area contributed by atoms with E-state index in [2.05, 4.69) is 23.9 Å². The van der Waals surface area contributed by atoms with Crippen molar-refractivity contribution in [3.63, 3.8) is 0 Å². The predicted molar refractivity (Wildman–Crippen MR) is 65.5 cm³/mol. The van der Waals surface area contributed by atoms with E-state index in [1.165, 1.54) is 19.3 Å². The third-order valence-corrected chi connectivity index (χ3v) is 3.33. The first-order valence-corrected chi connectivity index (χ1v) is 6.37. The van der Waals surface area contributed by atoms with Crippen molar-refractivity contribution in [1.29, 1.82) is 0 Å². The van der Waals surface area contributed by atoms with Crippen molar-refractivity contribution in [2.75, 3.05) is 18.5 Å². The van der Waals surface area contributed by atoms with Gasteiger partial charge in [-0.2, -0.15) is 0 Å². The monoisotopic (exact) mass is 228 g/mol. The van der Waals surface area contributed by atoms with Crippen LogP contribution < -0.4 is 4.90 Å². The van der Waals surface area contributed by atoms with E-state index < -0.39 is 6.10 Å². The highest BCUT2D eigenvalue weighted by Gasteiger charge is 2.09. The largest absolute Gasteiger partial charge is 0.387 e. The van der Waals surface area contributed by atoms with Crippen molar-refractivity contribution in [2.45, 2.75) is 39.2 Å². The van der Waals surface area contributed by atoms with Gasteiger partial charge in [-0.25, -0.2) is 4.98 Å². The Labute approximate surface area is 95.8 Å². The number of hydrogen-bond acceptors (Lipinski definition) is 4. The van der Waals surface area contributed by atoms with Crippen LogP contribution in [0.15, 0.2) is 5.38 Å². The van der Waals surface area contributed by atoms with Crippen LogP contribution >= 0.6 is 11.3 Å². The Morgan fingerprint density at radius 1 is 1.53 bits per heavy atom. The van der Waals surface area contributed by atoms with Crippen LogP contribution in [0.3, 0.4) is 0 Å². The smallest absolute Gasteiger partial charge is 0.185 e. The normalized spacial score (nSPS) is 12.8. The van der Waals surface area contributed by atoms with Crippen LogP contribution in [0.25, 0.3) is 0 Å². The summed E-state index contributed by atoms with van der Waals surface area (Å²) >= 11 is 1.60. The van der Waals surface area contributed by atoms with Gasteiger partial charge < -0.3 is 10.0 Å². The molecule has 0 aliphatic carbocycles. The molecule has 4 heteroatoms. The molecule has 1 heterocycles. The number of thiazole rings is 1. The van der Waals surface area contributed by atoms with Gasteiger partial charge in [-0.05, 0) is 13.3 Å². The maximum Gasteiger partial charge on any atom is 0.185 e. The predicted octanol–water partition coefficient (Wildman–Crippen LogP) is 2.82. The number of hydrogen-bond donors (Lipinski definition) is 1. The Morgan fingerprint density at radius 3 is 2.80 bits per heavy atom. The fourth-order valence-electron chi connectivity index (χ4n) is 1.34. The van der Waals surface area contributed by atoms with Crippen LogP contribution in [-0.2, 0) is 0 Å². The molecule has 0 amide bonds. The first kappa shape index (κ1) is 12.5. The first-order valence-electron chi connectivity index (χ1n) is 5.49. The average Bonchev–Trinajstić information content (AvgIpc) is 2.66. The second-order valence-electron chi connectivity index (χ2n) is 3.86. The molecule has 0 aromatic carbocycles. The van der Waals surface area contributed by atoms with Crippen molar-refractivity contribution in [3.8, 4) is 0 Å². The topological polar surface area (TPSA) is 36.4 Å². The number of aromatic nitrogens is 1. The molecule has 0 fully saturated rings. The van der Waals surface area contributed by atoms with Crippen LogP contribution in [0.1, 0.15) is 44.9 Å². The van der Waals surface area contributed by atoms with E-state index in [1.54, 1.807) is 18.3 Å². The molecule has 15 heavy (non-hydrogen) atoms. The third-order valence-electron chi connectivity index (χ3n) is 2.36. The molecule has 0 aliphatic rings. The molecule has 1 unspecified atom stereocenters. The van der Waals surface area contributed by atoms with Crippen molar-refractivity contribution in [1.82, 2.24) is 4.98 Å². The summed E-state index contributed by atoms with van der Waals surface area (Å²) in [6, 6.07) is 0. The van der Waals surface area contributed by atoms with Gasteiger partial charge in [-0.1, -0.05) is 19.8 Å². The van der Waals surface area contributed by atoms with E-state index in [0.717, 1.165) is 17.4 Å². The Balaban J connectivity index is 2.47. The number of rotatable bonds is 6. The van der Waals surface area contributed by atoms with Crippen LogP contribution in [0, 0.1) is 0 Å². The average molecular weight is 228 g/mol. The fourth-order valence-corrected chi connectivity index (χ4v) is 2.24. The lowest BCUT2D eigenvalue weighted by Crippen LogP contribution is -2.18. The van der Waals surface area contributed by atoms with Crippen LogP contribution in [0.5, 0.6) is 0 Å². The number of aliphatic hydroxyl groups is 1. The molecule has 1 atom stereocenters. The van der Waals surface area contributed by atoms with E-state index in [4.69, 9.17) is 0 Å². The summed E-state index contributed by atoms with van der Waals surface area (Å²) in [5.41, 5.74) is 0.775. The standard InChI is InChI=1S/C11H20N2OS/c1-4-5-6-7-13(3)11-12-10(8-15-11)9(2)14/h8-9,14H,4-7H2,1-3H3. The molecular weight excluding hydrogens is 208 g/mol. The lowest BCUT2D eigenvalue weighted by molar-refractivity contribution is 0.195. The zero-order valence-corrected chi connectivity index (χ0v) is 10.5. The van der Waals surface area contributed by atoms with Crippen molar-refractivity contribution < 1.29 is 5.11 Å². The van der Waals surface area contributed by atoms with Gasteiger partial charge in [0.2, 0.25) is 0 Å². The molecule has 0 bridgehead atoms. The molecule has 86 valence electrons. The molecular formula is C11H20N2OS. The van der Waals surface area contributed by atoms with Gasteiger partial charge in [0, 0.05) is 19.0 Å². The third kappa shape index (κ3) is 3.80. The summed E-state index contributed by atoms with van der Waals surface area (Å²) < 4.78 is 0. The van der Waals surface area contributed by atoms with Crippen molar-refractivity contribution in [2.24, 2.45) is 0 Å². The lowest BCUT2D eigenvalue weighted by atomic mass is 10.2. The minimum atomic E-state index is -0.459. The Kier molecular flexibility index (Phi) is 5.05. The second-order valence-corrected chi connectivity index (χ2v) is 4.70. The molecule has 1 aromatic rings. The SMILES string of the molecule is CCCCCN(C)c1nc(C(C)O)cs1. The lowest BCUT2D eigenvalue weighted by Gasteiger charge is -2.14. The molecule has 0 spiro atoms. The molecule has 0 saturated carbocycles. The van der Waals surface area contributed by atoms with Gasteiger partial charge in [-0.3, -0.25) is 0 Å². The van der Waals surface area contributed by atoms with Gasteiger partial charge >= 0.3 is 0 Å². The number of aliphatic hydroxyl groups excluding tert-OH is 1. The highest BCUT2D eigenvalue weighted by atomic mass is 32.1. The minimum Gasteiger partial charge on any atom is -0.387 e. The highest BCUT2D eigenvalue weighted by molar-refractivity contribution is 7.13. The number of nitrogens with zero attached hydrogens (tertiary/aromatic N) is 2. The van der Waals surface area contributed by atoms with E-state index >= 15 is 0 Å². The molecule has 1 aromatic heterocycles. The van der Waals surface area contributed by atoms with Gasteiger partial charge in [0.05, 0.1) is 11.8 Å². The minimum absolute atomic E-state index is 0.459. The summed E-state index contributed by atoms with van der Waals surface area (Å²) in [4.78, 5) is 6.54. The van der Waals surface area contributed by atoms with Crippen LogP contribution in [0.2, 0.25) is 0 Å². The first-order chi connectivity index (χ1) is 7.15. The maximum absolute atomic E-state index is 9.36. The quantitative estimate of drug-likeness (QED) is 0.761. The van der Waals surface area contributed by atoms with Gasteiger partial charge in [0.1, 0.15) is 0 Å². The van der Waals surface area contributed by atoms with Gasteiger partial charge in [-0.15, -0.1) is 11.3 Å². The molecule has 0 saturated heterocycles. The summed E-state index contributed by atoms with van der Waals surface area (Å²) in [6.07, 6.45) is 3.25. The number of unbranched alkanes of at least 4 members (excludes halogenated alkanes) is 2. The maximum atomic E-state index is 9.36. The zero-order chi connectivity index (χ0) is 11.3. The summed E-state index contributed by atoms with van der Waals surface area (Å²) in [5, 5.41) is 12.3. The van der Waals surface area contributed by atoms with E-state index in [9.17, 15) is 5.11 Å². The summed E-state index contributed by atoms with van der Waals surface area (Å²) in [7, 11) is 2.06. The van der Waals surface area contributed by atoms with E-state index in [1.807, 2.05) is 5.38 Å². The van der Waals surface area contributed by atoms with Gasteiger partial charge in [0.15, 0.2) is 5.13 Å².